The molecule has 0 aromatic heterocycles. The highest BCUT2D eigenvalue weighted by molar-refractivity contribution is 5.34. The van der Waals surface area contributed by atoms with Crippen LogP contribution >= 0.6 is 0 Å². The number of likely N-dealkylation sites (N-methyl/N-ethyl adjacent to an activating group) is 1. The first-order valence-electron chi connectivity index (χ1n) is 6.27. The van der Waals surface area contributed by atoms with Crippen molar-refractivity contribution in [2.24, 2.45) is 5.92 Å². The zero-order valence-corrected chi connectivity index (χ0v) is 11.3. The summed E-state index contributed by atoms with van der Waals surface area (Å²) in [7, 11) is 2.07. The minimum Gasteiger partial charge on any atom is -0.317 e. The molecule has 0 bridgehead atoms. The molecule has 0 aliphatic rings. The molecule has 0 saturated carbocycles. The van der Waals surface area contributed by atoms with E-state index < -0.39 is 0 Å². The quantitative estimate of drug-likeness (QED) is 0.799. The van der Waals surface area contributed by atoms with Crippen LogP contribution in [0.1, 0.15) is 37.0 Å². The van der Waals surface area contributed by atoms with Gasteiger partial charge in [0.25, 0.3) is 0 Å². The van der Waals surface area contributed by atoms with Gasteiger partial charge in [-0.3, -0.25) is 0 Å². The minimum absolute atomic E-state index is 0.597. The minimum atomic E-state index is 0.597. The zero-order chi connectivity index (χ0) is 12.1. The molecule has 0 aliphatic carbocycles. The average molecular weight is 219 g/mol. The summed E-state index contributed by atoms with van der Waals surface area (Å²) in [6.45, 7) is 9.00. The van der Waals surface area contributed by atoms with Gasteiger partial charge in [-0.1, -0.05) is 32.0 Å². The second kappa shape index (κ2) is 6.05. The molecule has 0 spiro atoms. The van der Waals surface area contributed by atoms with E-state index in [-0.39, 0.29) is 0 Å². The Labute approximate surface area is 100 Å². The molecular weight excluding hydrogens is 194 g/mol. The Bertz CT molecular complexity index is 308. The van der Waals surface area contributed by atoms with Crippen LogP contribution in [0.5, 0.6) is 0 Å². The molecule has 1 heteroatoms. The average Bonchev–Trinajstić information content (AvgIpc) is 2.21. The maximum atomic E-state index is 3.44. The summed E-state index contributed by atoms with van der Waals surface area (Å²) in [4.78, 5) is 0. The number of aryl methyl sites for hydroxylation is 2. The Kier molecular flexibility index (Phi) is 5.01. The van der Waals surface area contributed by atoms with Gasteiger partial charge in [-0.05, 0) is 56.3 Å². The summed E-state index contributed by atoms with van der Waals surface area (Å²) in [5.41, 5.74) is 4.36. The van der Waals surface area contributed by atoms with Gasteiger partial charge in [0.15, 0.2) is 0 Å². The van der Waals surface area contributed by atoms with Crippen LogP contribution < -0.4 is 5.32 Å². The van der Waals surface area contributed by atoms with E-state index in [4.69, 9.17) is 0 Å². The molecule has 0 aliphatic heterocycles. The molecule has 90 valence electrons. The molecule has 1 unspecified atom stereocenters. The summed E-state index contributed by atoms with van der Waals surface area (Å²) in [5.74, 6) is 0.752. The van der Waals surface area contributed by atoms with Crippen molar-refractivity contribution < 1.29 is 0 Å². The third kappa shape index (κ3) is 3.64. The lowest BCUT2D eigenvalue weighted by Crippen LogP contribution is -2.29. The van der Waals surface area contributed by atoms with Crippen molar-refractivity contribution in [1.29, 1.82) is 0 Å². The maximum Gasteiger partial charge on any atom is 0.0107 e. The Morgan fingerprint density at radius 3 is 2.12 bits per heavy atom. The lowest BCUT2D eigenvalue weighted by atomic mass is 9.92. The van der Waals surface area contributed by atoms with Gasteiger partial charge in [-0.25, -0.2) is 0 Å². The van der Waals surface area contributed by atoms with Gasteiger partial charge in [0.1, 0.15) is 0 Å². The summed E-state index contributed by atoms with van der Waals surface area (Å²) >= 11 is 0. The van der Waals surface area contributed by atoms with E-state index in [1.807, 2.05) is 0 Å². The van der Waals surface area contributed by atoms with Crippen LogP contribution in [-0.4, -0.2) is 13.1 Å². The number of hydrogen-bond donors (Lipinski definition) is 1. The largest absolute Gasteiger partial charge is 0.317 e. The maximum absolute atomic E-state index is 3.44. The van der Waals surface area contributed by atoms with E-state index in [9.17, 15) is 0 Å². The fourth-order valence-electron chi connectivity index (χ4n) is 2.29. The lowest BCUT2D eigenvalue weighted by Gasteiger charge is -2.20. The number of hydrogen-bond acceptors (Lipinski definition) is 1. The van der Waals surface area contributed by atoms with Gasteiger partial charge in [-0.2, -0.15) is 0 Å². The van der Waals surface area contributed by atoms with E-state index in [2.05, 4.69) is 58.3 Å². The third-order valence-corrected chi connectivity index (χ3v) is 3.26. The van der Waals surface area contributed by atoms with Gasteiger partial charge in [-0.15, -0.1) is 0 Å². The standard InChI is InChI=1S/C15H25N/c1-11(2)9-14(16-5)10-15-12(3)7-6-8-13(15)4/h6-8,11,14,16H,9-10H2,1-5H3. The summed E-state index contributed by atoms with van der Waals surface area (Å²) in [6.07, 6.45) is 2.39. The molecule has 0 saturated heterocycles. The highest BCUT2D eigenvalue weighted by Crippen LogP contribution is 2.17. The molecule has 16 heavy (non-hydrogen) atoms. The van der Waals surface area contributed by atoms with Crippen molar-refractivity contribution >= 4 is 0 Å². The molecule has 1 aromatic rings. The van der Waals surface area contributed by atoms with Crippen molar-refractivity contribution in [2.45, 2.75) is 46.6 Å². The summed E-state index contributed by atoms with van der Waals surface area (Å²) < 4.78 is 0. The van der Waals surface area contributed by atoms with Gasteiger partial charge in [0, 0.05) is 6.04 Å². The Morgan fingerprint density at radius 1 is 1.12 bits per heavy atom. The second-order valence-electron chi connectivity index (χ2n) is 5.19. The zero-order valence-electron chi connectivity index (χ0n) is 11.3. The first kappa shape index (κ1) is 13.2. The molecule has 0 heterocycles. The van der Waals surface area contributed by atoms with E-state index in [0.29, 0.717) is 6.04 Å². The molecule has 0 radical (unpaired) electrons. The summed E-state index contributed by atoms with van der Waals surface area (Å²) in [5, 5.41) is 3.44. The number of rotatable bonds is 5. The van der Waals surface area contributed by atoms with Crippen molar-refractivity contribution in [3.63, 3.8) is 0 Å². The predicted octanol–water partition coefficient (Wildman–Crippen LogP) is 3.48. The molecule has 1 atom stereocenters. The van der Waals surface area contributed by atoms with E-state index in [1.54, 1.807) is 0 Å². The fraction of sp³-hybridized carbons (Fsp3) is 0.600. The molecule has 1 rings (SSSR count). The third-order valence-electron chi connectivity index (χ3n) is 3.26. The lowest BCUT2D eigenvalue weighted by molar-refractivity contribution is 0.440. The smallest absolute Gasteiger partial charge is 0.0107 e. The molecule has 0 amide bonds. The Hall–Kier alpha value is -0.820. The summed E-state index contributed by atoms with van der Waals surface area (Å²) in [6, 6.07) is 7.17. The molecule has 1 nitrogen and oxygen atoms in total. The Balaban J connectivity index is 2.77. The number of benzene rings is 1. The highest BCUT2D eigenvalue weighted by Gasteiger charge is 2.12. The van der Waals surface area contributed by atoms with Crippen molar-refractivity contribution in [3.8, 4) is 0 Å². The van der Waals surface area contributed by atoms with Crippen molar-refractivity contribution in [2.75, 3.05) is 7.05 Å². The molecule has 0 fully saturated rings. The monoisotopic (exact) mass is 219 g/mol. The second-order valence-corrected chi connectivity index (χ2v) is 5.19. The van der Waals surface area contributed by atoms with Crippen LogP contribution in [0.15, 0.2) is 18.2 Å². The van der Waals surface area contributed by atoms with E-state index in [1.165, 1.54) is 23.1 Å². The van der Waals surface area contributed by atoms with Crippen molar-refractivity contribution in [1.82, 2.24) is 5.32 Å². The van der Waals surface area contributed by atoms with E-state index in [0.717, 1.165) is 12.3 Å². The SMILES string of the molecule is CNC(Cc1c(C)cccc1C)CC(C)C. The molecule has 1 N–H and O–H groups in total. The van der Waals surface area contributed by atoms with E-state index >= 15 is 0 Å². The van der Waals surface area contributed by atoms with Gasteiger partial charge in [0.05, 0.1) is 0 Å². The normalized spacial score (nSPS) is 13.1. The van der Waals surface area contributed by atoms with Gasteiger partial charge >= 0.3 is 0 Å². The van der Waals surface area contributed by atoms with Crippen LogP contribution in [0.25, 0.3) is 0 Å². The first-order chi connectivity index (χ1) is 7.54. The Morgan fingerprint density at radius 2 is 1.69 bits per heavy atom. The molecule has 1 aromatic carbocycles. The van der Waals surface area contributed by atoms with Crippen LogP contribution in [0.4, 0.5) is 0 Å². The van der Waals surface area contributed by atoms with Crippen LogP contribution in [0.2, 0.25) is 0 Å². The highest BCUT2D eigenvalue weighted by atomic mass is 14.9. The first-order valence-corrected chi connectivity index (χ1v) is 6.27. The van der Waals surface area contributed by atoms with Gasteiger partial charge in [0.2, 0.25) is 0 Å². The molecular formula is C15H25N. The predicted molar refractivity (Wildman–Crippen MR) is 71.9 cm³/mol. The fourth-order valence-corrected chi connectivity index (χ4v) is 2.29. The van der Waals surface area contributed by atoms with Crippen LogP contribution in [0.3, 0.4) is 0 Å². The topological polar surface area (TPSA) is 12.0 Å². The number of nitrogens with one attached hydrogen (secondary N) is 1. The van der Waals surface area contributed by atoms with Gasteiger partial charge < -0.3 is 5.32 Å². The van der Waals surface area contributed by atoms with Crippen molar-refractivity contribution in [3.05, 3.63) is 34.9 Å². The van der Waals surface area contributed by atoms with Crippen LogP contribution in [-0.2, 0) is 6.42 Å². The van der Waals surface area contributed by atoms with Crippen LogP contribution in [0, 0.1) is 19.8 Å².